The highest BCUT2D eigenvalue weighted by Gasteiger charge is 2.19. The molecule has 6 nitrogen and oxygen atoms in total. The van der Waals surface area contributed by atoms with Gasteiger partial charge in [0, 0.05) is 5.69 Å². The van der Waals surface area contributed by atoms with Gasteiger partial charge in [0.15, 0.2) is 5.69 Å². The predicted octanol–water partition coefficient (Wildman–Crippen LogP) is 1.43. The Bertz CT molecular complexity index is 614. The van der Waals surface area contributed by atoms with E-state index in [2.05, 4.69) is 15.0 Å². The Hall–Kier alpha value is -2.50. The number of ketones is 1. The van der Waals surface area contributed by atoms with Crippen molar-refractivity contribution in [1.82, 2.24) is 15.0 Å². The minimum absolute atomic E-state index is 0.112. The number of rotatable bonds is 4. The Kier molecular flexibility index (Phi) is 3.70. The summed E-state index contributed by atoms with van der Waals surface area (Å²) in [5.41, 5.74) is 1.17. The van der Waals surface area contributed by atoms with E-state index in [0.717, 1.165) is 5.69 Å². The van der Waals surface area contributed by atoms with E-state index in [0.29, 0.717) is 5.69 Å². The molecule has 2 aromatic rings. The lowest BCUT2D eigenvalue weighted by molar-refractivity contribution is 0.102. The fraction of sp³-hybridized carbons (Fsp3) is 0.231. The Morgan fingerprint density at radius 2 is 1.95 bits per heavy atom. The average molecular weight is 259 g/mol. The third kappa shape index (κ3) is 2.67. The van der Waals surface area contributed by atoms with Crippen LogP contribution < -0.4 is 9.47 Å². The van der Waals surface area contributed by atoms with Gasteiger partial charge >= 0.3 is 0 Å². The molecular weight excluding hydrogens is 246 g/mol. The number of aryl methyl sites for hydroxylation is 1. The summed E-state index contributed by atoms with van der Waals surface area (Å²) in [6.07, 6.45) is 1.37. The lowest BCUT2D eigenvalue weighted by Gasteiger charge is -2.07. The first kappa shape index (κ1) is 12.9. The van der Waals surface area contributed by atoms with Crippen molar-refractivity contribution in [3.63, 3.8) is 0 Å². The van der Waals surface area contributed by atoms with Crippen LogP contribution in [0, 0.1) is 6.92 Å². The number of hydrogen-bond donors (Lipinski definition) is 0. The molecule has 0 saturated carbocycles. The van der Waals surface area contributed by atoms with E-state index in [1.54, 1.807) is 12.1 Å². The zero-order chi connectivity index (χ0) is 13.8. The van der Waals surface area contributed by atoms with Gasteiger partial charge < -0.3 is 9.47 Å². The molecule has 0 N–H and O–H groups in total. The van der Waals surface area contributed by atoms with E-state index < -0.39 is 0 Å². The van der Waals surface area contributed by atoms with Gasteiger partial charge in [-0.15, -0.1) is 0 Å². The van der Waals surface area contributed by atoms with Crippen LogP contribution in [0.1, 0.15) is 21.9 Å². The van der Waals surface area contributed by atoms with E-state index in [1.165, 1.54) is 20.4 Å². The molecule has 0 bridgehead atoms. The summed E-state index contributed by atoms with van der Waals surface area (Å²) in [5.74, 6) is 0.0639. The van der Waals surface area contributed by atoms with Crippen molar-refractivity contribution >= 4 is 5.78 Å². The molecule has 0 unspecified atom stereocenters. The minimum atomic E-state index is -0.337. The molecule has 2 rings (SSSR count). The highest BCUT2D eigenvalue weighted by atomic mass is 16.5. The number of hydrogen-bond acceptors (Lipinski definition) is 6. The molecule has 98 valence electrons. The maximum Gasteiger partial charge on any atom is 0.247 e. The summed E-state index contributed by atoms with van der Waals surface area (Å²) in [6, 6.07) is 5.20. The van der Waals surface area contributed by atoms with Gasteiger partial charge in [0.05, 0.1) is 20.4 Å². The Morgan fingerprint density at radius 1 is 1.16 bits per heavy atom. The summed E-state index contributed by atoms with van der Waals surface area (Å²) >= 11 is 0. The first-order chi connectivity index (χ1) is 9.15. The molecule has 2 aromatic heterocycles. The van der Waals surface area contributed by atoms with Gasteiger partial charge in [0.2, 0.25) is 17.5 Å². The summed E-state index contributed by atoms with van der Waals surface area (Å²) in [4.78, 5) is 24.5. The van der Waals surface area contributed by atoms with Crippen molar-refractivity contribution in [3.05, 3.63) is 41.5 Å². The highest BCUT2D eigenvalue weighted by Crippen LogP contribution is 2.19. The van der Waals surface area contributed by atoms with Crippen molar-refractivity contribution < 1.29 is 14.3 Å². The predicted molar refractivity (Wildman–Crippen MR) is 67.5 cm³/mol. The summed E-state index contributed by atoms with van der Waals surface area (Å²) in [7, 11) is 2.89. The molecule has 0 amide bonds. The largest absolute Gasteiger partial charge is 0.480 e. The number of nitrogens with zero attached hydrogens (tertiary/aromatic N) is 3. The topological polar surface area (TPSA) is 74.2 Å². The van der Waals surface area contributed by atoms with Crippen molar-refractivity contribution in [2.75, 3.05) is 14.2 Å². The lowest BCUT2D eigenvalue weighted by Crippen LogP contribution is -2.10. The number of methoxy groups -OCH3 is 2. The average Bonchev–Trinajstić information content (AvgIpc) is 2.45. The number of pyridine rings is 1. The third-order valence-electron chi connectivity index (χ3n) is 2.46. The molecule has 0 aliphatic heterocycles. The van der Waals surface area contributed by atoms with E-state index in [9.17, 15) is 4.79 Å². The fourth-order valence-electron chi connectivity index (χ4n) is 1.54. The van der Waals surface area contributed by atoms with E-state index in [4.69, 9.17) is 9.47 Å². The molecule has 0 aromatic carbocycles. The smallest absolute Gasteiger partial charge is 0.247 e. The number of carbonyl (C=O) groups is 1. The van der Waals surface area contributed by atoms with Gasteiger partial charge in [-0.05, 0) is 19.1 Å². The highest BCUT2D eigenvalue weighted by molar-refractivity contribution is 6.07. The minimum Gasteiger partial charge on any atom is -0.480 e. The molecule has 0 radical (unpaired) electrons. The maximum atomic E-state index is 12.3. The SMILES string of the molecule is COc1cnc(C(=O)c2cccc(C)n2)c(OC)n1. The molecule has 0 saturated heterocycles. The second-order valence-corrected chi connectivity index (χ2v) is 3.76. The zero-order valence-corrected chi connectivity index (χ0v) is 10.9. The van der Waals surface area contributed by atoms with Crippen LogP contribution in [0.3, 0.4) is 0 Å². The van der Waals surface area contributed by atoms with Gasteiger partial charge in [0.1, 0.15) is 5.69 Å². The standard InChI is InChI=1S/C13H13N3O3/c1-8-5-4-6-9(15-8)12(17)11-13(19-3)16-10(18-2)7-14-11/h4-7H,1-3H3. The molecule has 19 heavy (non-hydrogen) atoms. The fourth-order valence-corrected chi connectivity index (χ4v) is 1.54. The van der Waals surface area contributed by atoms with Crippen LogP contribution in [-0.2, 0) is 0 Å². The molecule has 0 aliphatic carbocycles. The number of ether oxygens (including phenoxy) is 2. The van der Waals surface area contributed by atoms with Crippen LogP contribution in [0.4, 0.5) is 0 Å². The van der Waals surface area contributed by atoms with Crippen LogP contribution in [-0.4, -0.2) is 35.0 Å². The van der Waals surface area contributed by atoms with Crippen LogP contribution in [0.5, 0.6) is 11.8 Å². The normalized spacial score (nSPS) is 10.1. The van der Waals surface area contributed by atoms with Crippen LogP contribution in [0.2, 0.25) is 0 Å². The molecule has 0 spiro atoms. The second kappa shape index (κ2) is 5.43. The Morgan fingerprint density at radius 3 is 2.58 bits per heavy atom. The first-order valence-electron chi connectivity index (χ1n) is 5.59. The van der Waals surface area contributed by atoms with Crippen molar-refractivity contribution in [1.29, 1.82) is 0 Å². The molecule has 0 fully saturated rings. The van der Waals surface area contributed by atoms with E-state index >= 15 is 0 Å². The van der Waals surface area contributed by atoms with Gasteiger partial charge in [-0.25, -0.2) is 9.97 Å². The van der Waals surface area contributed by atoms with E-state index in [-0.39, 0.29) is 23.2 Å². The van der Waals surface area contributed by atoms with Crippen molar-refractivity contribution in [3.8, 4) is 11.8 Å². The van der Waals surface area contributed by atoms with Crippen LogP contribution in [0.25, 0.3) is 0 Å². The third-order valence-corrected chi connectivity index (χ3v) is 2.46. The summed E-state index contributed by atoms with van der Waals surface area (Å²) in [5, 5.41) is 0. The van der Waals surface area contributed by atoms with Crippen molar-refractivity contribution in [2.24, 2.45) is 0 Å². The summed E-state index contributed by atoms with van der Waals surface area (Å²) in [6.45, 7) is 1.81. The molecule has 6 heteroatoms. The molecule has 0 atom stereocenters. The van der Waals surface area contributed by atoms with Crippen LogP contribution in [0.15, 0.2) is 24.4 Å². The van der Waals surface area contributed by atoms with Gasteiger partial charge in [-0.2, -0.15) is 4.98 Å². The maximum absolute atomic E-state index is 12.3. The monoisotopic (exact) mass is 259 g/mol. The Labute approximate surface area is 110 Å². The van der Waals surface area contributed by atoms with Crippen LogP contribution >= 0.6 is 0 Å². The number of carbonyl (C=O) groups excluding carboxylic acids is 1. The first-order valence-corrected chi connectivity index (χ1v) is 5.59. The van der Waals surface area contributed by atoms with Gasteiger partial charge in [-0.1, -0.05) is 6.07 Å². The molecule has 0 aliphatic rings. The quantitative estimate of drug-likeness (QED) is 0.773. The van der Waals surface area contributed by atoms with E-state index in [1.807, 2.05) is 13.0 Å². The number of aromatic nitrogens is 3. The molecular formula is C13H13N3O3. The lowest BCUT2D eigenvalue weighted by atomic mass is 10.2. The van der Waals surface area contributed by atoms with Crippen molar-refractivity contribution in [2.45, 2.75) is 6.92 Å². The van der Waals surface area contributed by atoms with Gasteiger partial charge in [0.25, 0.3) is 0 Å². The van der Waals surface area contributed by atoms with Gasteiger partial charge in [-0.3, -0.25) is 4.79 Å². The second-order valence-electron chi connectivity index (χ2n) is 3.76. The summed E-state index contributed by atoms with van der Waals surface area (Å²) < 4.78 is 9.99. The zero-order valence-electron chi connectivity index (χ0n) is 10.9. The molecule has 2 heterocycles. The Balaban J connectivity index is 2.44.